The van der Waals surface area contributed by atoms with Crippen molar-refractivity contribution in [3.8, 4) is 0 Å². The lowest BCUT2D eigenvalue weighted by Crippen LogP contribution is -2.43. The van der Waals surface area contributed by atoms with Gasteiger partial charge in [-0.1, -0.05) is 64.7 Å². The smallest absolute Gasteiger partial charge is 0.221 e. The number of halogens is 1. The van der Waals surface area contributed by atoms with Crippen molar-refractivity contribution in [2.45, 2.75) is 84.0 Å². The number of unbranched alkanes of at least 4 members (excludes halogenated alkanes) is 9. The first-order valence-electron chi connectivity index (χ1n) is 7.64. The topological polar surface area (TPSA) is 43.7 Å². The molecule has 0 heterocycles. The maximum Gasteiger partial charge on any atom is 0.221 e. The normalized spacial score (nSPS) is 11.7. The second-order valence-corrected chi connectivity index (χ2v) is 5.57. The number of hydrogen-bond acceptors (Lipinski definition) is 3. The molecule has 0 spiro atoms. The molecule has 0 fully saturated rings. The summed E-state index contributed by atoms with van der Waals surface area (Å²) in [6.45, 7) is 4.41. The van der Waals surface area contributed by atoms with E-state index < -0.39 is 5.91 Å². The van der Waals surface area contributed by atoms with Gasteiger partial charge in [0.25, 0.3) is 0 Å². The number of nitrogens with zero attached hydrogens (tertiary/aromatic N) is 1. The molecule has 0 aromatic heterocycles. The fraction of sp³-hybridized carbons (Fsp3) is 1.00. The minimum absolute atomic E-state index is 0. The zero-order valence-corrected chi connectivity index (χ0v) is 14.7. The fourth-order valence-corrected chi connectivity index (χ4v) is 2.05. The van der Waals surface area contributed by atoms with E-state index in [1.54, 1.807) is 11.9 Å². The van der Waals surface area contributed by atoms with Crippen LogP contribution in [0.1, 0.15) is 78.1 Å². The largest absolute Gasteiger partial charge is 0.353 e. The van der Waals surface area contributed by atoms with Gasteiger partial charge in [-0.3, -0.25) is 4.90 Å². The molecule has 3 nitrogen and oxygen atoms in total. The van der Waals surface area contributed by atoms with E-state index in [-0.39, 0.29) is 17.0 Å². The molecule has 0 rings (SSSR count). The van der Waals surface area contributed by atoms with E-state index in [2.05, 4.69) is 6.92 Å². The van der Waals surface area contributed by atoms with Gasteiger partial charge in [0.1, 0.15) is 0 Å². The third-order valence-corrected chi connectivity index (χ3v) is 3.57. The first-order valence-corrected chi connectivity index (χ1v) is 7.64. The summed E-state index contributed by atoms with van der Waals surface area (Å²) in [6, 6.07) is 0. The minimum atomic E-state index is -1.67. The Morgan fingerprint density at radius 3 is 1.53 bits per heavy atom. The van der Waals surface area contributed by atoms with Gasteiger partial charge in [0, 0.05) is 13.5 Å². The molecule has 0 aromatic carbocycles. The zero-order valence-electron chi connectivity index (χ0n) is 13.0. The third kappa shape index (κ3) is 14.6. The summed E-state index contributed by atoms with van der Waals surface area (Å²) in [7, 11) is 1.74. The van der Waals surface area contributed by atoms with Gasteiger partial charge in [-0.15, -0.1) is 17.0 Å². The fourth-order valence-electron chi connectivity index (χ4n) is 2.05. The van der Waals surface area contributed by atoms with Gasteiger partial charge >= 0.3 is 0 Å². The lowest BCUT2D eigenvalue weighted by molar-refractivity contribution is -0.242. The van der Waals surface area contributed by atoms with Crippen molar-refractivity contribution in [2.75, 3.05) is 13.6 Å². The highest BCUT2D eigenvalue weighted by Gasteiger charge is 2.20. The molecule has 0 radical (unpaired) electrons. The molecule has 0 unspecified atom stereocenters. The van der Waals surface area contributed by atoms with Crippen molar-refractivity contribution in [1.29, 1.82) is 0 Å². The number of aliphatic hydroxyl groups is 2. The van der Waals surface area contributed by atoms with Crippen LogP contribution in [-0.2, 0) is 0 Å². The number of hydrogen-bond donors (Lipinski definition) is 2. The predicted octanol–water partition coefficient (Wildman–Crippen LogP) is 4.08. The van der Waals surface area contributed by atoms with Crippen LogP contribution in [-0.4, -0.2) is 34.6 Å². The molecule has 0 saturated heterocycles. The van der Waals surface area contributed by atoms with Crippen LogP contribution in [0, 0.1) is 0 Å². The van der Waals surface area contributed by atoms with E-state index in [4.69, 9.17) is 0 Å². The molecule has 0 aromatic rings. The lowest BCUT2D eigenvalue weighted by atomic mass is 10.1. The van der Waals surface area contributed by atoms with Crippen molar-refractivity contribution in [1.82, 2.24) is 4.90 Å². The van der Waals surface area contributed by atoms with Crippen LogP contribution in [0.2, 0.25) is 0 Å². The molecule has 0 aliphatic carbocycles. The van der Waals surface area contributed by atoms with Crippen LogP contribution in [0.25, 0.3) is 0 Å². The Morgan fingerprint density at radius 1 is 0.789 bits per heavy atom. The molecule has 4 heteroatoms. The summed E-state index contributed by atoms with van der Waals surface area (Å²) >= 11 is 0. The van der Waals surface area contributed by atoms with Crippen molar-refractivity contribution < 1.29 is 10.2 Å². The van der Waals surface area contributed by atoms with Crippen LogP contribution < -0.4 is 0 Å². The molecule has 118 valence electrons. The Hall–Kier alpha value is 0.360. The van der Waals surface area contributed by atoms with Gasteiger partial charge in [-0.25, -0.2) is 0 Å². The maximum absolute atomic E-state index is 9.31. The number of rotatable bonds is 12. The van der Waals surface area contributed by atoms with Gasteiger partial charge in [0.2, 0.25) is 5.91 Å². The standard InChI is InChI=1S/C15H33NO2.BrH/c1-4-5-6-7-8-9-10-11-12-13-14-16(3)15(2,17)18;/h17-18H,4-14H2,1-3H3;1H. The molecule has 0 aliphatic heterocycles. The summed E-state index contributed by atoms with van der Waals surface area (Å²) in [5.41, 5.74) is 0. The Bertz CT molecular complexity index is 183. The zero-order chi connectivity index (χ0) is 13.9. The van der Waals surface area contributed by atoms with Gasteiger partial charge in [0.15, 0.2) is 0 Å². The van der Waals surface area contributed by atoms with E-state index in [0.717, 1.165) is 13.0 Å². The molecule has 2 N–H and O–H groups in total. The highest BCUT2D eigenvalue weighted by Crippen LogP contribution is 2.11. The summed E-state index contributed by atoms with van der Waals surface area (Å²) in [6.07, 6.45) is 13.1. The summed E-state index contributed by atoms with van der Waals surface area (Å²) in [5.74, 6) is -1.67. The quantitative estimate of drug-likeness (QED) is 0.416. The molecule has 0 atom stereocenters. The molecule has 0 saturated carbocycles. The lowest BCUT2D eigenvalue weighted by Gasteiger charge is -2.28. The molecule has 0 bridgehead atoms. The van der Waals surface area contributed by atoms with E-state index >= 15 is 0 Å². The van der Waals surface area contributed by atoms with Gasteiger partial charge in [-0.2, -0.15) is 0 Å². The van der Waals surface area contributed by atoms with Crippen molar-refractivity contribution in [3.63, 3.8) is 0 Å². The monoisotopic (exact) mass is 339 g/mol. The molecular formula is C15H34BrNO2. The molecule has 0 amide bonds. The van der Waals surface area contributed by atoms with Gasteiger partial charge in [-0.05, 0) is 13.5 Å². The minimum Gasteiger partial charge on any atom is -0.353 e. The van der Waals surface area contributed by atoms with Gasteiger partial charge in [0.05, 0.1) is 0 Å². The van der Waals surface area contributed by atoms with Crippen molar-refractivity contribution in [2.24, 2.45) is 0 Å². The third-order valence-electron chi connectivity index (χ3n) is 3.57. The van der Waals surface area contributed by atoms with Crippen LogP contribution in [0.3, 0.4) is 0 Å². The van der Waals surface area contributed by atoms with E-state index in [1.807, 2.05) is 0 Å². The second-order valence-electron chi connectivity index (χ2n) is 5.57. The molecular weight excluding hydrogens is 306 g/mol. The van der Waals surface area contributed by atoms with Crippen molar-refractivity contribution >= 4 is 17.0 Å². The Kier molecular flexibility index (Phi) is 15.2. The summed E-state index contributed by atoms with van der Waals surface area (Å²) in [5, 5.41) is 18.6. The van der Waals surface area contributed by atoms with Crippen molar-refractivity contribution in [3.05, 3.63) is 0 Å². The molecule has 0 aliphatic rings. The van der Waals surface area contributed by atoms with E-state index in [9.17, 15) is 10.2 Å². The van der Waals surface area contributed by atoms with Gasteiger partial charge < -0.3 is 10.2 Å². The van der Waals surface area contributed by atoms with E-state index in [0.29, 0.717) is 0 Å². The Morgan fingerprint density at radius 2 is 1.16 bits per heavy atom. The molecule has 19 heavy (non-hydrogen) atoms. The van der Waals surface area contributed by atoms with Crippen LogP contribution in [0.5, 0.6) is 0 Å². The van der Waals surface area contributed by atoms with Crippen LogP contribution in [0.4, 0.5) is 0 Å². The highest BCUT2D eigenvalue weighted by atomic mass is 79.9. The average molecular weight is 340 g/mol. The maximum atomic E-state index is 9.31. The van der Waals surface area contributed by atoms with Crippen LogP contribution in [0.15, 0.2) is 0 Å². The summed E-state index contributed by atoms with van der Waals surface area (Å²) < 4.78 is 0. The first kappa shape index (κ1) is 21.7. The first-order chi connectivity index (χ1) is 8.48. The van der Waals surface area contributed by atoms with Crippen LogP contribution >= 0.6 is 17.0 Å². The predicted molar refractivity (Wildman–Crippen MR) is 87.6 cm³/mol. The Balaban J connectivity index is 0. The SMILES string of the molecule is Br.CCCCCCCCCCCCN(C)C(C)(O)O. The summed E-state index contributed by atoms with van der Waals surface area (Å²) in [4.78, 5) is 1.58. The highest BCUT2D eigenvalue weighted by molar-refractivity contribution is 8.93. The second kappa shape index (κ2) is 13.3. The average Bonchev–Trinajstić information content (AvgIpc) is 2.30. The Labute approximate surface area is 130 Å². The van der Waals surface area contributed by atoms with E-state index in [1.165, 1.54) is 64.7 Å².